The first-order chi connectivity index (χ1) is 9.81. The number of anilines is 2. The molecule has 110 valence electrons. The van der Waals surface area contributed by atoms with Crippen LogP contribution in [0.4, 0.5) is 11.4 Å². The van der Waals surface area contributed by atoms with Crippen molar-refractivity contribution in [3.8, 4) is 0 Å². The van der Waals surface area contributed by atoms with Gasteiger partial charge in [0.15, 0.2) is 0 Å². The van der Waals surface area contributed by atoms with Crippen LogP contribution in [0.15, 0.2) is 24.3 Å². The standard InChI is InChI=1S/C17H27N3/c18-16-6-8-17(9-7-16)20-12-10-19(11-13-20)14-15-4-2-1-3-5-15/h6-9,15H,1-5,10-14,18H2. The Morgan fingerprint density at radius 1 is 0.900 bits per heavy atom. The third-order valence-corrected chi connectivity index (χ3v) is 4.87. The molecule has 1 heterocycles. The van der Waals surface area contributed by atoms with Gasteiger partial charge in [-0.3, -0.25) is 4.90 Å². The highest BCUT2D eigenvalue weighted by Gasteiger charge is 2.21. The predicted molar refractivity (Wildman–Crippen MR) is 86.1 cm³/mol. The van der Waals surface area contributed by atoms with Gasteiger partial charge in [-0.15, -0.1) is 0 Å². The number of nitrogens with two attached hydrogens (primary N) is 1. The molecule has 2 fully saturated rings. The zero-order valence-corrected chi connectivity index (χ0v) is 12.4. The number of rotatable bonds is 3. The second-order valence-corrected chi connectivity index (χ2v) is 6.38. The molecular weight excluding hydrogens is 246 g/mol. The van der Waals surface area contributed by atoms with Gasteiger partial charge in [0, 0.05) is 44.1 Å². The molecule has 0 radical (unpaired) electrons. The van der Waals surface area contributed by atoms with Gasteiger partial charge in [-0.25, -0.2) is 0 Å². The summed E-state index contributed by atoms with van der Waals surface area (Å²) in [7, 11) is 0. The number of hydrogen-bond acceptors (Lipinski definition) is 3. The van der Waals surface area contributed by atoms with Crippen molar-refractivity contribution < 1.29 is 0 Å². The van der Waals surface area contributed by atoms with Crippen LogP contribution in [0.2, 0.25) is 0 Å². The average molecular weight is 273 g/mol. The van der Waals surface area contributed by atoms with Crippen LogP contribution in [0.5, 0.6) is 0 Å². The SMILES string of the molecule is Nc1ccc(N2CCN(CC3CCCCC3)CC2)cc1. The van der Waals surface area contributed by atoms with E-state index in [-0.39, 0.29) is 0 Å². The fourth-order valence-electron chi connectivity index (χ4n) is 3.61. The highest BCUT2D eigenvalue weighted by molar-refractivity contribution is 5.53. The molecule has 1 saturated heterocycles. The summed E-state index contributed by atoms with van der Waals surface area (Å²) in [6.45, 7) is 6.05. The molecule has 1 aromatic rings. The minimum Gasteiger partial charge on any atom is -0.399 e. The first-order valence-electron chi connectivity index (χ1n) is 8.14. The topological polar surface area (TPSA) is 32.5 Å². The summed E-state index contributed by atoms with van der Waals surface area (Å²) >= 11 is 0. The second kappa shape index (κ2) is 6.49. The summed E-state index contributed by atoms with van der Waals surface area (Å²) in [6, 6.07) is 8.30. The van der Waals surface area contributed by atoms with E-state index in [4.69, 9.17) is 5.73 Å². The van der Waals surface area contributed by atoms with Crippen molar-refractivity contribution in [3.05, 3.63) is 24.3 Å². The molecule has 0 atom stereocenters. The van der Waals surface area contributed by atoms with Crippen LogP contribution >= 0.6 is 0 Å². The Morgan fingerprint density at radius 2 is 1.55 bits per heavy atom. The summed E-state index contributed by atoms with van der Waals surface area (Å²) in [4.78, 5) is 5.15. The third-order valence-electron chi connectivity index (χ3n) is 4.87. The van der Waals surface area contributed by atoms with Crippen molar-refractivity contribution in [2.45, 2.75) is 32.1 Å². The quantitative estimate of drug-likeness (QED) is 0.859. The lowest BCUT2D eigenvalue weighted by molar-refractivity contribution is 0.192. The first kappa shape index (κ1) is 13.7. The van der Waals surface area contributed by atoms with Crippen LogP contribution in [0.1, 0.15) is 32.1 Å². The van der Waals surface area contributed by atoms with Crippen molar-refractivity contribution in [3.63, 3.8) is 0 Å². The van der Waals surface area contributed by atoms with E-state index in [1.165, 1.54) is 57.4 Å². The van der Waals surface area contributed by atoms with Crippen molar-refractivity contribution in [2.75, 3.05) is 43.4 Å². The molecule has 1 aliphatic carbocycles. The molecule has 3 rings (SSSR count). The van der Waals surface area contributed by atoms with E-state index in [0.717, 1.165) is 24.7 Å². The molecule has 1 saturated carbocycles. The largest absolute Gasteiger partial charge is 0.399 e. The minimum atomic E-state index is 0.852. The summed E-state index contributed by atoms with van der Waals surface area (Å²) in [5.74, 6) is 0.965. The van der Waals surface area contributed by atoms with E-state index in [9.17, 15) is 0 Å². The number of piperazine rings is 1. The van der Waals surface area contributed by atoms with Gasteiger partial charge in [0.1, 0.15) is 0 Å². The average Bonchev–Trinajstić information content (AvgIpc) is 2.50. The van der Waals surface area contributed by atoms with E-state index in [1.807, 2.05) is 12.1 Å². The monoisotopic (exact) mass is 273 g/mol. The summed E-state index contributed by atoms with van der Waals surface area (Å²) in [5.41, 5.74) is 7.92. The maximum absolute atomic E-state index is 5.76. The zero-order valence-electron chi connectivity index (χ0n) is 12.4. The Balaban J connectivity index is 1.47. The van der Waals surface area contributed by atoms with Crippen molar-refractivity contribution in [2.24, 2.45) is 5.92 Å². The first-order valence-corrected chi connectivity index (χ1v) is 8.14. The smallest absolute Gasteiger partial charge is 0.0368 e. The second-order valence-electron chi connectivity index (χ2n) is 6.38. The predicted octanol–water partition coefficient (Wildman–Crippen LogP) is 2.97. The molecule has 0 unspecified atom stereocenters. The van der Waals surface area contributed by atoms with E-state index >= 15 is 0 Å². The maximum Gasteiger partial charge on any atom is 0.0368 e. The van der Waals surface area contributed by atoms with E-state index in [2.05, 4.69) is 21.9 Å². The molecule has 2 N–H and O–H groups in total. The molecule has 3 heteroatoms. The normalized spacial score (nSPS) is 22.1. The molecule has 1 aromatic carbocycles. The summed E-state index contributed by atoms with van der Waals surface area (Å²) in [5, 5.41) is 0. The summed E-state index contributed by atoms with van der Waals surface area (Å²) < 4.78 is 0. The molecule has 0 spiro atoms. The molecule has 0 bridgehead atoms. The van der Waals surface area contributed by atoms with Crippen LogP contribution in [0, 0.1) is 5.92 Å². The lowest BCUT2D eigenvalue weighted by atomic mass is 9.89. The Morgan fingerprint density at radius 3 is 2.20 bits per heavy atom. The van der Waals surface area contributed by atoms with Crippen LogP contribution < -0.4 is 10.6 Å². The molecule has 20 heavy (non-hydrogen) atoms. The Kier molecular flexibility index (Phi) is 4.46. The van der Waals surface area contributed by atoms with E-state index in [0.29, 0.717) is 0 Å². The molecule has 0 aromatic heterocycles. The van der Waals surface area contributed by atoms with Gasteiger partial charge in [0.2, 0.25) is 0 Å². The van der Waals surface area contributed by atoms with Gasteiger partial charge >= 0.3 is 0 Å². The zero-order chi connectivity index (χ0) is 13.8. The highest BCUT2D eigenvalue weighted by Crippen LogP contribution is 2.25. The summed E-state index contributed by atoms with van der Waals surface area (Å²) in [6.07, 6.45) is 7.28. The number of nitrogens with zero attached hydrogens (tertiary/aromatic N) is 2. The lowest BCUT2D eigenvalue weighted by Crippen LogP contribution is -2.48. The van der Waals surface area contributed by atoms with Crippen LogP contribution in [-0.4, -0.2) is 37.6 Å². The molecule has 3 nitrogen and oxygen atoms in total. The van der Waals surface area contributed by atoms with Crippen molar-refractivity contribution in [1.29, 1.82) is 0 Å². The fraction of sp³-hybridized carbons (Fsp3) is 0.647. The van der Waals surface area contributed by atoms with Gasteiger partial charge in [0.25, 0.3) is 0 Å². The number of benzene rings is 1. The lowest BCUT2D eigenvalue weighted by Gasteiger charge is -2.38. The van der Waals surface area contributed by atoms with E-state index in [1.54, 1.807) is 0 Å². The number of nitrogen functional groups attached to an aromatic ring is 1. The molecule has 0 amide bonds. The van der Waals surface area contributed by atoms with Gasteiger partial charge in [0.05, 0.1) is 0 Å². The van der Waals surface area contributed by atoms with Gasteiger partial charge in [-0.1, -0.05) is 19.3 Å². The van der Waals surface area contributed by atoms with Crippen molar-refractivity contribution in [1.82, 2.24) is 4.90 Å². The highest BCUT2D eigenvalue weighted by atomic mass is 15.3. The number of hydrogen-bond donors (Lipinski definition) is 1. The molecular formula is C17H27N3. The Hall–Kier alpha value is -1.22. The van der Waals surface area contributed by atoms with Gasteiger partial charge in [-0.2, -0.15) is 0 Å². The molecule has 1 aliphatic heterocycles. The van der Waals surface area contributed by atoms with Crippen LogP contribution in [0.25, 0.3) is 0 Å². The fourth-order valence-corrected chi connectivity index (χ4v) is 3.61. The van der Waals surface area contributed by atoms with Crippen LogP contribution in [-0.2, 0) is 0 Å². The Labute approximate surface area is 122 Å². The minimum absolute atomic E-state index is 0.852. The third kappa shape index (κ3) is 3.45. The van der Waals surface area contributed by atoms with E-state index < -0.39 is 0 Å². The molecule has 2 aliphatic rings. The Bertz CT molecular complexity index is 401. The van der Waals surface area contributed by atoms with Crippen molar-refractivity contribution >= 4 is 11.4 Å². The maximum atomic E-state index is 5.76. The van der Waals surface area contributed by atoms with Crippen LogP contribution in [0.3, 0.4) is 0 Å². The van der Waals surface area contributed by atoms with Gasteiger partial charge < -0.3 is 10.6 Å². The van der Waals surface area contributed by atoms with Gasteiger partial charge in [-0.05, 0) is 43.0 Å².